The van der Waals surface area contributed by atoms with Gasteiger partial charge in [-0.1, -0.05) is 42.5 Å². The van der Waals surface area contributed by atoms with Crippen molar-refractivity contribution in [2.75, 3.05) is 12.3 Å². The fourth-order valence-corrected chi connectivity index (χ4v) is 4.46. The summed E-state index contributed by atoms with van der Waals surface area (Å²) in [5.41, 5.74) is 5.85. The Morgan fingerprint density at radius 1 is 1.06 bits per heavy atom. The number of rotatable bonds is 8. The molecule has 0 unspecified atom stereocenters. The molecule has 0 saturated carbocycles. The molecular formula is C24H22N4O5S. The number of fused-ring (bicyclic) bond motifs is 1. The van der Waals surface area contributed by atoms with Crippen molar-refractivity contribution in [3.63, 3.8) is 0 Å². The maximum absolute atomic E-state index is 12.8. The quantitative estimate of drug-likeness (QED) is 0.304. The van der Waals surface area contributed by atoms with E-state index in [4.69, 9.17) is 10.5 Å². The summed E-state index contributed by atoms with van der Waals surface area (Å²) >= 11 is 1.49. The van der Waals surface area contributed by atoms with Gasteiger partial charge in [0.1, 0.15) is 11.4 Å². The highest BCUT2D eigenvalue weighted by Crippen LogP contribution is 2.22. The minimum Gasteiger partial charge on any atom is -0.457 e. The summed E-state index contributed by atoms with van der Waals surface area (Å²) in [6.45, 7) is -0.566. The molecule has 9 nitrogen and oxygen atoms in total. The predicted molar refractivity (Wildman–Crippen MR) is 129 cm³/mol. The van der Waals surface area contributed by atoms with E-state index >= 15 is 0 Å². The molecule has 4 aromatic rings. The van der Waals surface area contributed by atoms with Gasteiger partial charge in [0.2, 0.25) is 5.78 Å². The van der Waals surface area contributed by atoms with E-state index in [-0.39, 0.29) is 24.3 Å². The van der Waals surface area contributed by atoms with Crippen LogP contribution >= 0.6 is 11.3 Å². The zero-order valence-electron chi connectivity index (χ0n) is 18.4. The van der Waals surface area contributed by atoms with Crippen LogP contribution in [0, 0.1) is 0 Å². The van der Waals surface area contributed by atoms with E-state index in [2.05, 4.69) is 4.98 Å². The summed E-state index contributed by atoms with van der Waals surface area (Å²) in [5, 5.41) is 0.788. The van der Waals surface area contributed by atoms with Gasteiger partial charge in [-0.15, -0.1) is 11.3 Å². The number of hydrogen-bond donors (Lipinski definition) is 1. The number of aryl methyl sites for hydroxylation is 1. The third-order valence-corrected chi connectivity index (χ3v) is 6.39. The first kappa shape index (κ1) is 23.1. The number of nitrogen functional groups attached to an aromatic ring is 1. The minimum absolute atomic E-state index is 0.0358. The van der Waals surface area contributed by atoms with Crippen LogP contribution in [-0.2, 0) is 29.5 Å². The van der Waals surface area contributed by atoms with Gasteiger partial charge >= 0.3 is 11.7 Å². The van der Waals surface area contributed by atoms with Crippen molar-refractivity contribution in [2.24, 2.45) is 7.05 Å². The maximum Gasteiger partial charge on any atom is 0.332 e. The lowest BCUT2D eigenvalue weighted by Gasteiger charge is -2.14. The maximum atomic E-state index is 12.8. The van der Waals surface area contributed by atoms with E-state index in [9.17, 15) is 19.2 Å². The number of esters is 1. The topological polar surface area (TPSA) is 126 Å². The third-order valence-electron chi connectivity index (χ3n) is 5.29. The number of ketones is 1. The van der Waals surface area contributed by atoms with Gasteiger partial charge in [-0.3, -0.25) is 23.5 Å². The van der Waals surface area contributed by atoms with Gasteiger partial charge in [0.25, 0.3) is 5.56 Å². The zero-order chi connectivity index (χ0) is 24.2. The monoisotopic (exact) mass is 478 g/mol. The fourth-order valence-electron chi connectivity index (χ4n) is 3.49. The van der Waals surface area contributed by atoms with Crippen LogP contribution in [0.2, 0.25) is 0 Å². The number of carbonyl (C=O) groups is 2. The molecule has 0 fully saturated rings. The highest BCUT2D eigenvalue weighted by Gasteiger charge is 2.23. The number of carbonyl (C=O) groups excluding carboxylic acids is 2. The van der Waals surface area contributed by atoms with Crippen LogP contribution in [0.25, 0.3) is 10.2 Å². The molecule has 2 N–H and O–H groups in total. The fraction of sp³-hybridized carbons (Fsp3) is 0.208. The molecule has 4 rings (SSSR count). The number of nitrogens with zero attached hydrogens (tertiary/aromatic N) is 3. The van der Waals surface area contributed by atoms with E-state index in [1.54, 1.807) is 24.3 Å². The Labute approximate surface area is 198 Å². The summed E-state index contributed by atoms with van der Waals surface area (Å²) in [6.07, 6.45) is 0.409. The number of para-hydroxylation sites is 1. The summed E-state index contributed by atoms with van der Waals surface area (Å²) in [4.78, 5) is 54.6. The number of nitrogens with two attached hydrogens (primary N) is 1. The van der Waals surface area contributed by atoms with Gasteiger partial charge in [-0.25, -0.2) is 9.78 Å². The van der Waals surface area contributed by atoms with Gasteiger partial charge in [0.05, 0.1) is 28.2 Å². The van der Waals surface area contributed by atoms with Crippen molar-refractivity contribution in [1.29, 1.82) is 0 Å². The van der Waals surface area contributed by atoms with Gasteiger partial charge in [-0.05, 0) is 17.7 Å². The number of hydrogen-bond acceptors (Lipinski definition) is 8. The Bertz CT molecular complexity index is 1450. The lowest BCUT2D eigenvalue weighted by atomic mass is 10.2. The van der Waals surface area contributed by atoms with E-state index in [1.165, 1.54) is 18.4 Å². The number of aromatic nitrogens is 3. The highest BCUT2D eigenvalue weighted by atomic mass is 32.1. The first-order chi connectivity index (χ1) is 16.3. The Balaban J connectivity index is 1.45. The average Bonchev–Trinajstić information content (AvgIpc) is 3.27. The van der Waals surface area contributed by atoms with Gasteiger partial charge in [-0.2, -0.15) is 0 Å². The predicted octanol–water partition coefficient (Wildman–Crippen LogP) is 2.15. The third kappa shape index (κ3) is 4.81. The van der Waals surface area contributed by atoms with Crippen LogP contribution in [0.4, 0.5) is 5.82 Å². The van der Waals surface area contributed by atoms with Crippen LogP contribution in [0.15, 0.2) is 64.2 Å². The number of thiazole rings is 1. The second kappa shape index (κ2) is 9.84. The molecule has 34 heavy (non-hydrogen) atoms. The van der Waals surface area contributed by atoms with Crippen molar-refractivity contribution in [3.8, 4) is 0 Å². The molecule has 0 bridgehead atoms. The smallest absolute Gasteiger partial charge is 0.332 e. The Hall–Kier alpha value is -4.05. The minimum atomic E-state index is -0.831. The number of ether oxygens (including phenoxy) is 1. The van der Waals surface area contributed by atoms with Crippen LogP contribution in [0.3, 0.4) is 0 Å². The van der Waals surface area contributed by atoms with Crippen LogP contribution in [0.1, 0.15) is 27.3 Å². The van der Waals surface area contributed by atoms with Crippen LogP contribution < -0.4 is 17.0 Å². The molecule has 2 heterocycles. The molecule has 0 spiro atoms. The summed E-state index contributed by atoms with van der Waals surface area (Å²) in [6, 6.07) is 16.7. The second-order valence-electron chi connectivity index (χ2n) is 7.64. The highest BCUT2D eigenvalue weighted by molar-refractivity contribution is 7.18. The second-order valence-corrected chi connectivity index (χ2v) is 8.75. The largest absolute Gasteiger partial charge is 0.457 e. The summed E-state index contributed by atoms with van der Waals surface area (Å²) in [7, 11) is 1.27. The molecular weight excluding hydrogens is 456 g/mol. The van der Waals surface area contributed by atoms with Crippen molar-refractivity contribution in [3.05, 3.63) is 91.6 Å². The van der Waals surface area contributed by atoms with Crippen LogP contribution in [0.5, 0.6) is 0 Å². The van der Waals surface area contributed by atoms with Crippen molar-refractivity contribution < 1.29 is 14.3 Å². The molecule has 0 radical (unpaired) electrons. The average molecular weight is 479 g/mol. The van der Waals surface area contributed by atoms with E-state index in [0.717, 1.165) is 29.9 Å². The normalized spacial score (nSPS) is 11.0. The van der Waals surface area contributed by atoms with Gasteiger partial charge in [0.15, 0.2) is 6.61 Å². The summed E-state index contributed by atoms with van der Waals surface area (Å²) < 4.78 is 8.09. The molecule has 0 atom stereocenters. The zero-order valence-corrected chi connectivity index (χ0v) is 19.2. The molecule has 0 aliphatic carbocycles. The molecule has 0 aliphatic heterocycles. The lowest BCUT2D eigenvalue weighted by Crippen LogP contribution is -2.43. The van der Waals surface area contributed by atoms with Crippen molar-refractivity contribution in [2.45, 2.75) is 19.4 Å². The first-order valence-corrected chi connectivity index (χ1v) is 11.3. The molecule has 0 saturated heterocycles. The molecule has 0 aliphatic rings. The van der Waals surface area contributed by atoms with E-state index in [1.807, 2.05) is 30.3 Å². The molecule has 0 amide bonds. The number of Topliss-reactive ketones (excluding diaryl/α,β-unsaturated/α-hetero) is 1. The lowest BCUT2D eigenvalue weighted by molar-refractivity contribution is -0.142. The Morgan fingerprint density at radius 3 is 2.50 bits per heavy atom. The SMILES string of the molecule is Cn1c(=O)c(C(=O)COC(=O)CCc2nc3ccccc3s2)c(N)n(Cc2ccccc2)c1=O. The Kier molecular flexibility index (Phi) is 6.69. The summed E-state index contributed by atoms with van der Waals surface area (Å²) in [5.74, 6) is -1.62. The van der Waals surface area contributed by atoms with Crippen LogP contribution in [-0.4, -0.2) is 32.5 Å². The first-order valence-electron chi connectivity index (χ1n) is 10.5. The molecule has 174 valence electrons. The number of benzene rings is 2. The molecule has 2 aromatic carbocycles. The van der Waals surface area contributed by atoms with Crippen molar-refractivity contribution in [1.82, 2.24) is 14.1 Å². The van der Waals surface area contributed by atoms with Gasteiger partial charge < -0.3 is 10.5 Å². The Morgan fingerprint density at radius 2 is 1.76 bits per heavy atom. The van der Waals surface area contributed by atoms with E-state index in [0.29, 0.717) is 6.42 Å². The number of anilines is 1. The van der Waals surface area contributed by atoms with E-state index < -0.39 is 29.6 Å². The van der Waals surface area contributed by atoms with Gasteiger partial charge in [0, 0.05) is 13.5 Å². The molecule has 10 heteroatoms. The molecule has 2 aromatic heterocycles. The standard InChI is InChI=1S/C24H22N4O5S/c1-27-23(31)21(22(25)28(24(27)32)13-15-7-3-2-4-8-15)17(29)14-33-20(30)12-11-19-26-16-9-5-6-10-18(16)34-19/h2-10H,11-14,25H2,1H3. The van der Waals surface area contributed by atoms with Crippen molar-refractivity contribution >= 4 is 39.1 Å².